The summed E-state index contributed by atoms with van der Waals surface area (Å²) in [6.45, 7) is 6.92. The Morgan fingerprint density at radius 1 is 1.43 bits per heavy atom. The molecule has 1 aromatic rings. The third kappa shape index (κ3) is 4.30. The van der Waals surface area contributed by atoms with Crippen LogP contribution in [0.3, 0.4) is 0 Å². The Bertz CT molecular complexity index is 570. The molecule has 1 rings (SSSR count). The average Bonchev–Trinajstić information content (AvgIpc) is 2.47. The maximum atomic E-state index is 12.8. The van der Waals surface area contributed by atoms with Gasteiger partial charge in [0.1, 0.15) is 10.6 Å². The van der Waals surface area contributed by atoms with Crippen molar-refractivity contribution in [1.29, 1.82) is 0 Å². The molecule has 0 radical (unpaired) electrons. The average molecular weight is 312 g/mol. The first-order valence-electron chi connectivity index (χ1n) is 6.93. The van der Waals surface area contributed by atoms with Gasteiger partial charge in [0.25, 0.3) is 0 Å². The molecule has 0 saturated carbocycles. The number of nitrogens with zero attached hydrogens (tertiary/aromatic N) is 1. The standard InChI is InChI=1S/C15H24N2O3S/c1-5-9-17(10-6-2)21(18,19)15-11-13(12-16-3)7-8-14(15)20-4/h5,7-8,11,16H,1,6,9-10,12H2,2-4H3. The van der Waals surface area contributed by atoms with E-state index in [9.17, 15) is 8.42 Å². The van der Waals surface area contributed by atoms with Crippen LogP contribution in [0.2, 0.25) is 0 Å². The Hall–Kier alpha value is -1.37. The monoisotopic (exact) mass is 312 g/mol. The van der Waals surface area contributed by atoms with Crippen LogP contribution in [-0.2, 0) is 16.6 Å². The smallest absolute Gasteiger partial charge is 0.247 e. The first-order chi connectivity index (χ1) is 10.0. The Morgan fingerprint density at radius 3 is 2.67 bits per heavy atom. The number of rotatable bonds is 9. The van der Waals surface area contributed by atoms with E-state index in [1.165, 1.54) is 11.4 Å². The highest BCUT2D eigenvalue weighted by atomic mass is 32.2. The van der Waals surface area contributed by atoms with Crippen molar-refractivity contribution in [2.75, 3.05) is 27.2 Å². The molecule has 0 atom stereocenters. The fourth-order valence-corrected chi connectivity index (χ4v) is 3.79. The van der Waals surface area contributed by atoms with E-state index >= 15 is 0 Å². The zero-order valence-electron chi connectivity index (χ0n) is 12.9. The largest absolute Gasteiger partial charge is 0.495 e. The summed E-state index contributed by atoms with van der Waals surface area (Å²) in [5, 5.41) is 3.01. The van der Waals surface area contributed by atoms with Crippen molar-refractivity contribution >= 4 is 10.0 Å². The molecule has 6 heteroatoms. The minimum Gasteiger partial charge on any atom is -0.495 e. The molecule has 0 aliphatic carbocycles. The first kappa shape index (κ1) is 17.7. The van der Waals surface area contributed by atoms with Gasteiger partial charge in [-0.15, -0.1) is 6.58 Å². The fourth-order valence-electron chi connectivity index (χ4n) is 2.08. The van der Waals surface area contributed by atoms with Crippen LogP contribution in [0, 0.1) is 0 Å². The molecule has 0 aromatic heterocycles. The van der Waals surface area contributed by atoms with Gasteiger partial charge < -0.3 is 10.1 Å². The highest BCUT2D eigenvalue weighted by molar-refractivity contribution is 7.89. The molecule has 0 saturated heterocycles. The SMILES string of the molecule is C=CCN(CCC)S(=O)(=O)c1cc(CNC)ccc1OC. The summed E-state index contributed by atoms with van der Waals surface area (Å²) in [5.74, 6) is 0.361. The van der Waals surface area contributed by atoms with E-state index in [2.05, 4.69) is 11.9 Å². The Morgan fingerprint density at radius 2 is 2.14 bits per heavy atom. The van der Waals surface area contributed by atoms with Gasteiger partial charge in [0.05, 0.1) is 7.11 Å². The predicted molar refractivity (Wildman–Crippen MR) is 85.0 cm³/mol. The molecule has 0 aliphatic rings. The summed E-state index contributed by atoms with van der Waals surface area (Å²) in [6.07, 6.45) is 2.34. The van der Waals surface area contributed by atoms with E-state index in [1.807, 2.05) is 20.0 Å². The van der Waals surface area contributed by atoms with Gasteiger partial charge in [-0.25, -0.2) is 8.42 Å². The van der Waals surface area contributed by atoms with Crippen molar-refractivity contribution < 1.29 is 13.2 Å². The van der Waals surface area contributed by atoms with Crippen molar-refractivity contribution in [3.8, 4) is 5.75 Å². The van der Waals surface area contributed by atoms with Gasteiger partial charge in [-0.2, -0.15) is 4.31 Å². The van der Waals surface area contributed by atoms with Crippen molar-refractivity contribution in [1.82, 2.24) is 9.62 Å². The van der Waals surface area contributed by atoms with E-state index in [1.54, 1.807) is 18.2 Å². The van der Waals surface area contributed by atoms with Gasteiger partial charge in [-0.1, -0.05) is 19.1 Å². The molecule has 118 valence electrons. The summed E-state index contributed by atoms with van der Waals surface area (Å²) in [7, 11) is -0.305. The van der Waals surface area contributed by atoms with Gasteiger partial charge in [-0.3, -0.25) is 0 Å². The Balaban J connectivity index is 3.32. The number of ether oxygens (including phenoxy) is 1. The van der Waals surface area contributed by atoms with Crippen molar-refractivity contribution in [3.05, 3.63) is 36.4 Å². The minimum absolute atomic E-state index is 0.202. The third-order valence-corrected chi connectivity index (χ3v) is 4.92. The zero-order valence-corrected chi connectivity index (χ0v) is 13.7. The van der Waals surface area contributed by atoms with E-state index in [4.69, 9.17) is 4.74 Å². The summed E-state index contributed by atoms with van der Waals surface area (Å²) in [6, 6.07) is 5.21. The number of sulfonamides is 1. The number of hydrogen-bond acceptors (Lipinski definition) is 4. The lowest BCUT2D eigenvalue weighted by molar-refractivity contribution is 0.394. The van der Waals surface area contributed by atoms with Crippen LogP contribution in [-0.4, -0.2) is 40.0 Å². The lowest BCUT2D eigenvalue weighted by Crippen LogP contribution is -2.32. The second-order valence-electron chi connectivity index (χ2n) is 4.67. The van der Waals surface area contributed by atoms with Crippen LogP contribution < -0.4 is 10.1 Å². The molecular weight excluding hydrogens is 288 g/mol. The maximum absolute atomic E-state index is 12.8. The van der Waals surface area contributed by atoms with Crippen LogP contribution in [0.1, 0.15) is 18.9 Å². The van der Waals surface area contributed by atoms with E-state index in [0.717, 1.165) is 12.0 Å². The molecule has 0 aliphatic heterocycles. The molecule has 0 spiro atoms. The van der Waals surface area contributed by atoms with Gasteiger partial charge in [0.15, 0.2) is 0 Å². The van der Waals surface area contributed by atoms with Crippen LogP contribution in [0.25, 0.3) is 0 Å². The first-order valence-corrected chi connectivity index (χ1v) is 8.37. The van der Waals surface area contributed by atoms with Crippen LogP contribution in [0.5, 0.6) is 5.75 Å². The highest BCUT2D eigenvalue weighted by Crippen LogP contribution is 2.28. The lowest BCUT2D eigenvalue weighted by Gasteiger charge is -2.21. The Kier molecular flexibility index (Phi) is 6.87. The number of benzene rings is 1. The van der Waals surface area contributed by atoms with E-state index in [0.29, 0.717) is 18.8 Å². The molecule has 1 N–H and O–H groups in total. The molecule has 1 aromatic carbocycles. The fraction of sp³-hybridized carbons (Fsp3) is 0.467. The van der Waals surface area contributed by atoms with Gasteiger partial charge in [-0.05, 0) is 31.2 Å². The topological polar surface area (TPSA) is 58.6 Å². The maximum Gasteiger partial charge on any atom is 0.247 e. The molecule has 0 amide bonds. The third-order valence-electron chi connectivity index (χ3n) is 3.03. The molecule has 0 unspecified atom stereocenters. The summed E-state index contributed by atoms with van der Waals surface area (Å²) in [5.41, 5.74) is 0.895. The molecule has 0 heterocycles. The second kappa shape index (κ2) is 8.17. The second-order valence-corrected chi connectivity index (χ2v) is 6.57. The van der Waals surface area contributed by atoms with Crippen LogP contribution >= 0.6 is 0 Å². The van der Waals surface area contributed by atoms with Crippen LogP contribution in [0.15, 0.2) is 35.7 Å². The molecule has 0 fully saturated rings. The number of hydrogen-bond donors (Lipinski definition) is 1. The molecule has 5 nitrogen and oxygen atoms in total. The summed E-state index contributed by atoms with van der Waals surface area (Å²) in [4.78, 5) is 0.202. The number of nitrogens with one attached hydrogen (secondary N) is 1. The number of methoxy groups -OCH3 is 1. The molecule has 21 heavy (non-hydrogen) atoms. The van der Waals surface area contributed by atoms with E-state index < -0.39 is 10.0 Å². The van der Waals surface area contributed by atoms with E-state index in [-0.39, 0.29) is 11.4 Å². The van der Waals surface area contributed by atoms with Crippen LogP contribution in [0.4, 0.5) is 0 Å². The molecular formula is C15H24N2O3S. The molecule has 0 bridgehead atoms. The lowest BCUT2D eigenvalue weighted by atomic mass is 10.2. The van der Waals surface area contributed by atoms with Crippen molar-refractivity contribution in [2.24, 2.45) is 0 Å². The quantitative estimate of drug-likeness (QED) is 0.709. The summed E-state index contributed by atoms with van der Waals surface area (Å²) >= 11 is 0. The van der Waals surface area contributed by atoms with Gasteiger partial charge in [0.2, 0.25) is 10.0 Å². The summed E-state index contributed by atoms with van der Waals surface area (Å²) < 4.78 is 32.3. The Labute approximate surface area is 127 Å². The highest BCUT2D eigenvalue weighted by Gasteiger charge is 2.26. The zero-order chi connectivity index (χ0) is 15.9. The predicted octanol–water partition coefficient (Wildman–Crippen LogP) is 2.00. The van der Waals surface area contributed by atoms with Crippen molar-refractivity contribution in [2.45, 2.75) is 24.8 Å². The normalized spacial score (nSPS) is 11.6. The van der Waals surface area contributed by atoms with Gasteiger partial charge >= 0.3 is 0 Å². The van der Waals surface area contributed by atoms with Gasteiger partial charge in [0, 0.05) is 19.6 Å². The van der Waals surface area contributed by atoms with Crippen molar-refractivity contribution in [3.63, 3.8) is 0 Å². The minimum atomic E-state index is -3.60.